The van der Waals surface area contributed by atoms with Crippen molar-refractivity contribution >= 4 is 70.9 Å². The standard InChI is InChI=1S/C75H120N12O14/c1-22-48(8)63-74(100)85(20)58(40-47(6)7)65(91)77-55(72(98)87-36-30-25-31-37-87)43-61(89)80(15)49(9)68(94)82(17)57(39-46(4)5)64(90)76-54(38-45(2)3)70(96)83(18)59(41-52-32-26-23-27-33-52)66(92)78-56(44-101-75(12,13)14)71(97)84(19)60(42-53-34-28-24-29-35-53)67(93)79-62(51(11)88)73(99)81(16)50(10)69(95)86(63)21/h23-24,26-29,32-35,45-51,54-60,62-63,88H,22,25,30-31,36-44H2,1-21H3,(H,76,90)(H,77,91)(H,78,92)(H,79,93)/t48-,49+,50-,51+,54-,55-,56-,57-,58-,59-,60-,62-,63-/m0/s1. The van der Waals surface area contributed by atoms with Crippen LogP contribution in [0.3, 0.4) is 0 Å². The molecule has 101 heavy (non-hydrogen) atoms. The van der Waals surface area contributed by atoms with E-state index >= 15 is 33.6 Å². The van der Waals surface area contributed by atoms with E-state index < -0.39 is 168 Å². The van der Waals surface area contributed by atoms with Crippen LogP contribution in [0.15, 0.2) is 60.7 Å². The number of likely N-dealkylation sites (tertiary alicyclic amines) is 1. The number of benzene rings is 2. The number of hydrogen-bond donors (Lipinski definition) is 5. The minimum atomic E-state index is -1.73. The minimum absolute atomic E-state index is 0.0774. The Morgan fingerprint density at radius 1 is 0.495 bits per heavy atom. The molecule has 0 unspecified atom stereocenters. The van der Waals surface area contributed by atoms with E-state index in [0.717, 1.165) is 21.1 Å². The fourth-order valence-corrected chi connectivity index (χ4v) is 12.8. The van der Waals surface area contributed by atoms with Crippen LogP contribution in [-0.4, -0.2) is 262 Å². The van der Waals surface area contributed by atoms with Gasteiger partial charge in [-0.3, -0.25) is 57.5 Å². The van der Waals surface area contributed by atoms with Crippen LogP contribution in [0, 0.1) is 23.7 Å². The summed E-state index contributed by atoms with van der Waals surface area (Å²) in [5.41, 5.74) is 0.334. The Kier molecular flexibility index (Phi) is 32.9. The molecule has 2 aromatic carbocycles. The van der Waals surface area contributed by atoms with Crippen LogP contribution in [0.4, 0.5) is 0 Å². The van der Waals surface area contributed by atoms with Crippen molar-refractivity contribution < 1.29 is 67.4 Å². The van der Waals surface area contributed by atoms with Crippen molar-refractivity contribution in [1.29, 1.82) is 0 Å². The molecule has 2 aromatic rings. The van der Waals surface area contributed by atoms with Crippen LogP contribution in [0.1, 0.15) is 159 Å². The van der Waals surface area contributed by atoms with Gasteiger partial charge in [0.25, 0.3) is 0 Å². The second-order valence-corrected chi connectivity index (χ2v) is 30.1. The maximum absolute atomic E-state index is 15.4. The van der Waals surface area contributed by atoms with Gasteiger partial charge in [-0.2, -0.15) is 0 Å². The first-order valence-corrected chi connectivity index (χ1v) is 35.9. The van der Waals surface area contributed by atoms with Crippen molar-refractivity contribution in [2.75, 3.05) is 69.0 Å². The second kappa shape index (κ2) is 38.9. The smallest absolute Gasteiger partial charge is 0.248 e. The van der Waals surface area contributed by atoms with Gasteiger partial charge >= 0.3 is 0 Å². The Morgan fingerprint density at radius 3 is 1.36 bits per heavy atom. The first-order chi connectivity index (χ1) is 47.1. The molecular formula is C75H120N12O14. The van der Waals surface area contributed by atoms with Crippen LogP contribution < -0.4 is 21.3 Å². The van der Waals surface area contributed by atoms with Gasteiger partial charge in [0.1, 0.15) is 66.5 Å². The number of nitrogens with one attached hydrogen (secondary N) is 4. The van der Waals surface area contributed by atoms with E-state index in [1.807, 2.05) is 48.5 Å². The maximum atomic E-state index is 15.4. The zero-order valence-corrected chi connectivity index (χ0v) is 64.0. The first-order valence-electron chi connectivity index (χ1n) is 35.9. The highest BCUT2D eigenvalue weighted by Gasteiger charge is 2.45. The molecule has 2 aliphatic rings. The number of likely N-dealkylation sites (N-methyl/N-ethyl adjacent to an activating group) is 7. The number of hydrogen-bond acceptors (Lipinski definition) is 14. The number of ether oxygens (including phenoxy) is 1. The molecule has 2 fully saturated rings. The van der Waals surface area contributed by atoms with Crippen LogP contribution in [0.25, 0.3) is 0 Å². The molecule has 2 heterocycles. The number of amides is 12. The van der Waals surface area contributed by atoms with E-state index in [9.17, 15) is 29.1 Å². The van der Waals surface area contributed by atoms with Crippen LogP contribution in [0.5, 0.6) is 0 Å². The molecule has 2 saturated heterocycles. The van der Waals surface area contributed by atoms with Crippen molar-refractivity contribution in [2.45, 2.75) is 239 Å². The van der Waals surface area contributed by atoms with Crippen molar-refractivity contribution in [3.8, 4) is 0 Å². The van der Waals surface area contributed by atoms with Crippen molar-refractivity contribution in [1.82, 2.24) is 60.5 Å². The zero-order valence-electron chi connectivity index (χ0n) is 64.0. The first kappa shape index (κ1) is 85.4. The third kappa shape index (κ3) is 24.1. The van der Waals surface area contributed by atoms with Crippen molar-refractivity contribution in [3.63, 3.8) is 0 Å². The molecule has 2 aliphatic heterocycles. The lowest BCUT2D eigenvalue weighted by Gasteiger charge is -2.40. The molecule has 13 atom stereocenters. The molecule has 4 rings (SSSR count). The van der Waals surface area contributed by atoms with Crippen molar-refractivity contribution in [2.24, 2.45) is 23.7 Å². The Labute approximate surface area is 600 Å². The highest BCUT2D eigenvalue weighted by molar-refractivity contribution is 6.00. The monoisotopic (exact) mass is 1410 g/mol. The van der Waals surface area contributed by atoms with Gasteiger partial charge in [-0.25, -0.2) is 0 Å². The predicted octanol–water partition coefficient (Wildman–Crippen LogP) is 4.04. The molecule has 5 N–H and O–H groups in total. The molecule has 26 heteroatoms. The molecule has 0 saturated carbocycles. The number of carbonyl (C=O) groups is 12. The van der Waals surface area contributed by atoms with Crippen LogP contribution in [0.2, 0.25) is 0 Å². The summed E-state index contributed by atoms with van der Waals surface area (Å²) in [6.07, 6.45) is 0.446. The SMILES string of the molecule is CC[C@H](C)[C@H]1C(=O)N(C)[C@@H](CC(C)C)C(=O)N[C@H](C(=O)N2CCCCC2)CC(=O)N(C)[C@H](C)C(=O)N(C)[C@@H](CC(C)C)C(=O)N[C@@H](CC(C)C)C(=O)N(C)[C@@H](Cc2ccccc2)C(=O)N[C@@H](COC(C)(C)C)C(=O)N(C)[C@@H](Cc2ccccc2)C(=O)N[C@@H]([C@@H](C)O)C(=O)N(C)[C@@H](C)C(=O)N1C. The van der Waals surface area contributed by atoms with E-state index in [1.54, 1.807) is 93.3 Å². The summed E-state index contributed by atoms with van der Waals surface area (Å²) in [4.78, 5) is 190. The lowest BCUT2D eigenvalue weighted by Crippen LogP contribution is -2.63. The normalized spacial score (nSPS) is 26.1. The van der Waals surface area contributed by atoms with E-state index in [4.69, 9.17) is 4.74 Å². The van der Waals surface area contributed by atoms with Crippen LogP contribution in [-0.2, 0) is 75.1 Å². The van der Waals surface area contributed by atoms with Gasteiger partial charge in [-0.05, 0) is 115 Å². The largest absolute Gasteiger partial charge is 0.391 e. The third-order valence-electron chi connectivity index (χ3n) is 19.5. The number of nitrogens with zero attached hydrogens (tertiary/aromatic N) is 8. The Morgan fingerprint density at radius 2 is 0.901 bits per heavy atom. The summed E-state index contributed by atoms with van der Waals surface area (Å²) in [5.74, 6) is -9.97. The van der Waals surface area contributed by atoms with Gasteiger partial charge < -0.3 is 70.3 Å². The highest BCUT2D eigenvalue weighted by atomic mass is 16.5. The molecule has 0 bridgehead atoms. The molecule has 12 amide bonds. The summed E-state index contributed by atoms with van der Waals surface area (Å²) >= 11 is 0. The quantitative estimate of drug-likeness (QED) is 0.159. The Bertz CT molecular complexity index is 3140. The molecule has 0 aromatic heterocycles. The summed E-state index contributed by atoms with van der Waals surface area (Å²) in [5, 5.41) is 22.8. The van der Waals surface area contributed by atoms with Crippen LogP contribution >= 0.6 is 0 Å². The molecular weight excluding hydrogens is 1290 g/mol. The Hall–Kier alpha value is -8.00. The second-order valence-electron chi connectivity index (χ2n) is 30.1. The summed E-state index contributed by atoms with van der Waals surface area (Å²) < 4.78 is 6.22. The molecule has 0 aliphatic carbocycles. The molecule has 26 nitrogen and oxygen atoms in total. The topological polar surface area (TPSA) is 308 Å². The van der Waals surface area contributed by atoms with E-state index in [2.05, 4.69) is 21.3 Å². The maximum Gasteiger partial charge on any atom is 0.248 e. The molecule has 0 spiro atoms. The van der Waals surface area contributed by atoms with E-state index in [1.165, 1.54) is 89.7 Å². The fourth-order valence-electron chi connectivity index (χ4n) is 12.8. The van der Waals surface area contributed by atoms with Gasteiger partial charge in [0.05, 0.1) is 24.7 Å². The van der Waals surface area contributed by atoms with Gasteiger partial charge in [-0.1, -0.05) is 122 Å². The number of carbonyl (C=O) groups excluding carboxylic acids is 12. The van der Waals surface area contributed by atoms with Gasteiger partial charge in [0.2, 0.25) is 70.9 Å². The molecule has 0 radical (unpaired) electrons. The van der Waals surface area contributed by atoms with Gasteiger partial charge in [0.15, 0.2) is 0 Å². The van der Waals surface area contributed by atoms with Crippen molar-refractivity contribution in [3.05, 3.63) is 71.8 Å². The van der Waals surface area contributed by atoms with E-state index in [0.29, 0.717) is 43.5 Å². The minimum Gasteiger partial charge on any atom is -0.391 e. The summed E-state index contributed by atoms with van der Waals surface area (Å²) in [7, 11) is 9.74. The van der Waals surface area contributed by atoms with Gasteiger partial charge in [0, 0.05) is 75.3 Å². The van der Waals surface area contributed by atoms with Gasteiger partial charge in [-0.15, -0.1) is 0 Å². The zero-order chi connectivity index (χ0) is 76.2. The number of piperidine rings is 1. The lowest BCUT2D eigenvalue weighted by molar-refractivity contribution is -0.154. The molecule has 564 valence electrons. The Balaban J connectivity index is 2.00. The average Bonchev–Trinajstić information content (AvgIpc) is 0.810. The lowest BCUT2D eigenvalue weighted by atomic mass is 9.94. The predicted molar refractivity (Wildman–Crippen MR) is 386 cm³/mol. The summed E-state index contributed by atoms with van der Waals surface area (Å²) in [6, 6.07) is 2.46. The fraction of sp³-hybridized carbons (Fsp3) is 0.680. The van der Waals surface area contributed by atoms with E-state index in [-0.39, 0.29) is 49.9 Å². The number of aliphatic hydroxyl groups excluding tert-OH is 1. The summed E-state index contributed by atoms with van der Waals surface area (Å²) in [6.45, 7) is 24.5. The number of rotatable bonds is 16. The highest BCUT2D eigenvalue weighted by Crippen LogP contribution is 2.25. The average molecular weight is 1410 g/mol. The number of aliphatic hydroxyl groups is 1. The third-order valence-corrected chi connectivity index (χ3v) is 19.5.